The number of hydrogen-bond acceptors (Lipinski definition) is 8. The van der Waals surface area contributed by atoms with Crippen LogP contribution in [0.5, 0.6) is 0 Å². The molecule has 1 aromatic carbocycles. The van der Waals surface area contributed by atoms with Gasteiger partial charge in [0.2, 0.25) is 11.8 Å². The van der Waals surface area contributed by atoms with Crippen molar-refractivity contribution in [1.29, 1.82) is 0 Å². The van der Waals surface area contributed by atoms with Crippen LogP contribution >= 0.6 is 0 Å². The minimum atomic E-state index is -0.958. The van der Waals surface area contributed by atoms with E-state index in [1.165, 1.54) is 0 Å². The molecular weight excluding hydrogens is 420 g/mol. The van der Waals surface area contributed by atoms with Crippen molar-refractivity contribution in [3.63, 3.8) is 0 Å². The maximum absolute atomic E-state index is 12.8. The van der Waals surface area contributed by atoms with Crippen molar-refractivity contribution in [2.24, 2.45) is 0 Å². The van der Waals surface area contributed by atoms with Gasteiger partial charge < -0.3 is 19.3 Å². The molecule has 0 bridgehead atoms. The van der Waals surface area contributed by atoms with Crippen LogP contribution in [0.15, 0.2) is 18.2 Å². The zero-order valence-electron chi connectivity index (χ0n) is 17.8. The molecule has 0 aliphatic carbocycles. The molecule has 1 aromatic rings. The number of imide groups is 2. The summed E-state index contributed by atoms with van der Waals surface area (Å²) in [5, 5.41) is 10.8. The van der Waals surface area contributed by atoms with Crippen LogP contribution < -0.4 is 5.32 Å². The number of carbonyl (C=O) groups excluding carboxylic acids is 4. The summed E-state index contributed by atoms with van der Waals surface area (Å²) in [5.74, 6) is -2.02. The monoisotopic (exact) mass is 448 g/mol. The van der Waals surface area contributed by atoms with Crippen LogP contribution in [0.4, 0.5) is 0 Å². The van der Waals surface area contributed by atoms with E-state index in [1.807, 2.05) is 0 Å². The van der Waals surface area contributed by atoms with Crippen molar-refractivity contribution < 1.29 is 38.5 Å². The van der Waals surface area contributed by atoms with Crippen LogP contribution in [-0.4, -0.2) is 85.9 Å². The lowest BCUT2D eigenvalue weighted by atomic mass is 10.0. The highest BCUT2D eigenvalue weighted by molar-refractivity contribution is 6.23. The number of fused-ring (bicyclic) bond motifs is 1. The number of carbonyl (C=O) groups is 4. The van der Waals surface area contributed by atoms with Gasteiger partial charge in [-0.05, 0) is 37.0 Å². The second kappa shape index (κ2) is 11.8. The lowest BCUT2D eigenvalue weighted by Crippen LogP contribution is -2.54. The summed E-state index contributed by atoms with van der Waals surface area (Å²) in [7, 11) is 0. The first-order chi connectivity index (χ1) is 15.5. The molecule has 3 rings (SSSR count). The van der Waals surface area contributed by atoms with E-state index in [4.69, 9.17) is 19.3 Å². The molecule has 0 spiro atoms. The molecule has 1 unspecified atom stereocenters. The standard InChI is InChI=1S/C22H28N2O8/c25-7-9-31-11-13-32-12-10-30-8-1-2-15-3-4-16-17(14-15)22(29)24(21(16)28)18-5-6-19(26)23-20(18)27/h3-4,14,18,25H,1-2,5-13H2,(H,23,26,27). The molecule has 1 atom stereocenters. The molecule has 0 saturated carbocycles. The average Bonchev–Trinajstić information content (AvgIpc) is 3.02. The van der Waals surface area contributed by atoms with Crippen molar-refractivity contribution in [2.75, 3.05) is 46.2 Å². The Morgan fingerprint density at radius 2 is 1.56 bits per heavy atom. The lowest BCUT2D eigenvalue weighted by Gasteiger charge is -2.27. The highest BCUT2D eigenvalue weighted by atomic mass is 16.5. The molecule has 32 heavy (non-hydrogen) atoms. The smallest absolute Gasteiger partial charge is 0.262 e. The van der Waals surface area contributed by atoms with E-state index in [0.29, 0.717) is 46.1 Å². The van der Waals surface area contributed by atoms with Gasteiger partial charge in [-0.15, -0.1) is 0 Å². The second-order valence-corrected chi connectivity index (χ2v) is 7.49. The number of rotatable bonds is 13. The third-order valence-electron chi connectivity index (χ3n) is 5.24. The summed E-state index contributed by atoms with van der Waals surface area (Å²) in [6.45, 7) is 2.61. The fourth-order valence-electron chi connectivity index (χ4n) is 3.66. The topological polar surface area (TPSA) is 131 Å². The molecule has 0 radical (unpaired) electrons. The zero-order chi connectivity index (χ0) is 22.9. The highest BCUT2D eigenvalue weighted by Gasteiger charge is 2.44. The predicted molar refractivity (Wildman–Crippen MR) is 111 cm³/mol. The molecule has 4 amide bonds. The molecule has 10 heteroatoms. The zero-order valence-corrected chi connectivity index (χ0v) is 17.8. The second-order valence-electron chi connectivity index (χ2n) is 7.49. The first-order valence-electron chi connectivity index (χ1n) is 10.7. The minimum Gasteiger partial charge on any atom is -0.394 e. The van der Waals surface area contributed by atoms with Crippen LogP contribution in [-0.2, 0) is 30.2 Å². The number of benzene rings is 1. The summed E-state index contributed by atoms with van der Waals surface area (Å²) >= 11 is 0. The fraction of sp³-hybridized carbons (Fsp3) is 0.545. The lowest BCUT2D eigenvalue weighted by molar-refractivity contribution is -0.136. The summed E-state index contributed by atoms with van der Waals surface area (Å²) < 4.78 is 15.9. The first-order valence-corrected chi connectivity index (χ1v) is 10.7. The summed E-state index contributed by atoms with van der Waals surface area (Å²) in [5.41, 5.74) is 1.46. The van der Waals surface area contributed by atoms with E-state index in [9.17, 15) is 19.2 Å². The molecule has 2 heterocycles. The van der Waals surface area contributed by atoms with Gasteiger partial charge >= 0.3 is 0 Å². The number of hydrogen-bond donors (Lipinski definition) is 2. The molecule has 2 aliphatic heterocycles. The van der Waals surface area contributed by atoms with E-state index < -0.39 is 29.7 Å². The third kappa shape index (κ3) is 5.98. The number of ether oxygens (including phenoxy) is 3. The number of aliphatic hydroxyl groups excluding tert-OH is 1. The van der Waals surface area contributed by atoms with Crippen molar-refractivity contribution >= 4 is 23.6 Å². The van der Waals surface area contributed by atoms with Gasteiger partial charge in [-0.3, -0.25) is 29.4 Å². The van der Waals surface area contributed by atoms with Crippen LogP contribution in [0.1, 0.15) is 45.5 Å². The first kappa shape index (κ1) is 24.0. The molecule has 1 fully saturated rings. The Morgan fingerprint density at radius 1 is 0.906 bits per heavy atom. The molecule has 1 saturated heterocycles. The van der Waals surface area contributed by atoms with Crippen LogP contribution in [0.2, 0.25) is 0 Å². The van der Waals surface area contributed by atoms with E-state index in [0.717, 1.165) is 16.9 Å². The normalized spacial score (nSPS) is 18.3. The Labute approximate surface area is 185 Å². The number of aryl methyl sites for hydroxylation is 1. The molecular formula is C22H28N2O8. The van der Waals surface area contributed by atoms with Gasteiger partial charge in [-0.25, -0.2) is 0 Å². The average molecular weight is 448 g/mol. The van der Waals surface area contributed by atoms with Gasteiger partial charge in [0.25, 0.3) is 11.8 Å². The van der Waals surface area contributed by atoms with Crippen molar-refractivity contribution in [3.05, 3.63) is 34.9 Å². The van der Waals surface area contributed by atoms with Gasteiger partial charge in [0.15, 0.2) is 0 Å². The predicted octanol–water partition coefficient (Wildman–Crippen LogP) is 0.0625. The van der Waals surface area contributed by atoms with E-state index >= 15 is 0 Å². The Bertz CT molecular complexity index is 856. The number of nitrogens with zero attached hydrogens (tertiary/aromatic N) is 1. The molecule has 2 N–H and O–H groups in total. The Balaban J connectivity index is 1.42. The maximum Gasteiger partial charge on any atom is 0.262 e. The third-order valence-corrected chi connectivity index (χ3v) is 5.24. The van der Waals surface area contributed by atoms with Gasteiger partial charge in [-0.1, -0.05) is 6.07 Å². The van der Waals surface area contributed by atoms with Crippen molar-refractivity contribution in [2.45, 2.75) is 31.7 Å². The van der Waals surface area contributed by atoms with Crippen molar-refractivity contribution in [3.8, 4) is 0 Å². The van der Waals surface area contributed by atoms with E-state index in [2.05, 4.69) is 5.32 Å². The Kier molecular flexibility index (Phi) is 8.86. The van der Waals surface area contributed by atoms with Crippen LogP contribution in [0.25, 0.3) is 0 Å². The van der Waals surface area contributed by atoms with E-state index in [-0.39, 0.29) is 30.6 Å². The largest absolute Gasteiger partial charge is 0.394 e. The molecule has 10 nitrogen and oxygen atoms in total. The van der Waals surface area contributed by atoms with Gasteiger partial charge in [0.05, 0.1) is 50.8 Å². The molecule has 2 aliphatic rings. The van der Waals surface area contributed by atoms with Gasteiger partial charge in [-0.2, -0.15) is 0 Å². The van der Waals surface area contributed by atoms with Crippen LogP contribution in [0, 0.1) is 0 Å². The highest BCUT2D eigenvalue weighted by Crippen LogP contribution is 2.28. The van der Waals surface area contributed by atoms with Gasteiger partial charge in [0.1, 0.15) is 6.04 Å². The number of piperidine rings is 1. The number of nitrogens with one attached hydrogen (secondary N) is 1. The van der Waals surface area contributed by atoms with Crippen LogP contribution in [0.3, 0.4) is 0 Å². The number of aliphatic hydroxyl groups is 1. The van der Waals surface area contributed by atoms with Crippen molar-refractivity contribution in [1.82, 2.24) is 10.2 Å². The van der Waals surface area contributed by atoms with Gasteiger partial charge in [0, 0.05) is 13.0 Å². The maximum atomic E-state index is 12.8. The molecule has 174 valence electrons. The summed E-state index contributed by atoms with van der Waals surface area (Å²) in [6, 6.07) is 4.15. The Hall–Kier alpha value is -2.66. The molecule has 0 aromatic heterocycles. The quantitative estimate of drug-likeness (QED) is 0.320. The minimum absolute atomic E-state index is 0.00407. The fourth-order valence-corrected chi connectivity index (χ4v) is 3.66. The number of amides is 4. The summed E-state index contributed by atoms with van der Waals surface area (Å²) in [6.07, 6.45) is 1.64. The SMILES string of the molecule is O=C1CCC(N2C(=O)c3ccc(CCCOCCOCCOCCO)cc3C2=O)C(=O)N1. The van der Waals surface area contributed by atoms with E-state index in [1.54, 1.807) is 18.2 Å². The summed E-state index contributed by atoms with van der Waals surface area (Å²) in [4.78, 5) is 50.0. The Morgan fingerprint density at radius 3 is 2.25 bits per heavy atom.